The zero-order chi connectivity index (χ0) is 25.9. The molecule has 2 aromatic heterocycles. The summed E-state index contributed by atoms with van der Waals surface area (Å²) >= 11 is 6.32. The van der Waals surface area contributed by atoms with Crippen molar-refractivity contribution in [1.29, 1.82) is 0 Å². The van der Waals surface area contributed by atoms with E-state index in [2.05, 4.69) is 25.1 Å². The maximum absolute atomic E-state index is 6.32. The highest BCUT2D eigenvalue weighted by Gasteiger charge is 2.22. The molecule has 0 bridgehead atoms. The largest absolute Gasteiger partial charge is 0.497 e. The lowest BCUT2D eigenvalue weighted by Gasteiger charge is -2.37. The van der Waals surface area contributed by atoms with Gasteiger partial charge in [0.05, 0.1) is 26.4 Å². The Morgan fingerprint density at radius 1 is 0.838 bits per heavy atom. The van der Waals surface area contributed by atoms with Gasteiger partial charge < -0.3 is 29.3 Å². The Labute approximate surface area is 221 Å². The van der Waals surface area contributed by atoms with Gasteiger partial charge in [-0.2, -0.15) is 4.98 Å². The van der Waals surface area contributed by atoms with Crippen molar-refractivity contribution in [3.05, 3.63) is 59.4 Å². The van der Waals surface area contributed by atoms with E-state index < -0.39 is 0 Å². The van der Waals surface area contributed by atoms with Gasteiger partial charge in [-0.05, 0) is 25.1 Å². The lowest BCUT2D eigenvalue weighted by Crippen LogP contribution is -2.47. The van der Waals surface area contributed by atoms with E-state index in [9.17, 15) is 0 Å². The van der Waals surface area contributed by atoms with Crippen molar-refractivity contribution in [2.75, 3.05) is 62.6 Å². The molecule has 1 N–H and O–H groups in total. The Morgan fingerprint density at radius 3 is 2.22 bits per heavy atom. The van der Waals surface area contributed by atoms with Crippen LogP contribution in [0.15, 0.2) is 48.7 Å². The van der Waals surface area contributed by atoms with Crippen LogP contribution in [0.25, 0.3) is 10.9 Å². The van der Waals surface area contributed by atoms with Crippen molar-refractivity contribution in [2.24, 2.45) is 0 Å². The number of fused-ring (bicyclic) bond motifs is 1. The number of pyridine rings is 1. The first-order chi connectivity index (χ1) is 18.0. The average Bonchev–Trinajstić information content (AvgIpc) is 2.92. The molecule has 1 aliphatic heterocycles. The van der Waals surface area contributed by atoms with Gasteiger partial charge in [0.1, 0.15) is 22.8 Å². The van der Waals surface area contributed by atoms with E-state index in [0.717, 1.165) is 60.0 Å². The monoisotopic (exact) mass is 520 g/mol. The lowest BCUT2D eigenvalue weighted by atomic mass is 10.1. The lowest BCUT2D eigenvalue weighted by molar-refractivity contribution is 0.395. The first-order valence-electron chi connectivity index (χ1n) is 12.0. The van der Waals surface area contributed by atoms with E-state index in [1.165, 1.54) is 0 Å². The van der Waals surface area contributed by atoms with Gasteiger partial charge in [0.25, 0.3) is 0 Å². The Bertz CT molecular complexity index is 1400. The Balaban J connectivity index is 1.34. The van der Waals surface area contributed by atoms with Crippen molar-refractivity contribution >= 4 is 45.6 Å². The molecular weight excluding hydrogens is 492 g/mol. The topological polar surface area (TPSA) is 84.9 Å². The minimum atomic E-state index is 0.525. The number of nitrogens with zero attached hydrogens (tertiary/aromatic N) is 5. The molecule has 0 radical (unpaired) electrons. The maximum atomic E-state index is 6.32. The molecular formula is C27H29ClN6O3. The molecule has 37 heavy (non-hydrogen) atoms. The van der Waals surface area contributed by atoms with Crippen molar-refractivity contribution in [2.45, 2.75) is 6.92 Å². The molecule has 10 heteroatoms. The van der Waals surface area contributed by atoms with Crippen molar-refractivity contribution < 1.29 is 14.2 Å². The van der Waals surface area contributed by atoms with E-state index >= 15 is 0 Å². The summed E-state index contributed by atoms with van der Waals surface area (Å²) in [7, 11) is 4.87. The van der Waals surface area contributed by atoms with E-state index in [4.69, 9.17) is 30.8 Å². The third-order valence-corrected chi connectivity index (χ3v) is 6.69. The zero-order valence-electron chi connectivity index (χ0n) is 21.3. The van der Waals surface area contributed by atoms with Crippen LogP contribution < -0.4 is 29.3 Å². The third-order valence-electron chi connectivity index (χ3n) is 6.39. The molecule has 0 unspecified atom stereocenters. The predicted octanol–water partition coefficient (Wildman–Crippen LogP) is 5.08. The van der Waals surface area contributed by atoms with Crippen LogP contribution >= 0.6 is 11.6 Å². The fourth-order valence-electron chi connectivity index (χ4n) is 4.58. The highest BCUT2D eigenvalue weighted by atomic mass is 35.5. The van der Waals surface area contributed by atoms with Crippen LogP contribution in [0, 0.1) is 6.92 Å². The zero-order valence-corrected chi connectivity index (χ0v) is 22.0. The SMILES string of the molecule is COc1cc(Nc2nc(C)cc(N3CCN(c4ccnc5c(OC)c(Cl)ccc45)CC3)n2)cc(OC)c1. The normalized spacial score (nSPS) is 13.5. The molecule has 1 fully saturated rings. The van der Waals surface area contributed by atoms with Crippen LogP contribution in [0.5, 0.6) is 17.2 Å². The first-order valence-corrected chi connectivity index (χ1v) is 12.3. The van der Waals surface area contributed by atoms with E-state index in [1.54, 1.807) is 21.3 Å². The number of anilines is 4. The second-order valence-electron chi connectivity index (χ2n) is 8.70. The van der Waals surface area contributed by atoms with Gasteiger partial charge in [-0.1, -0.05) is 11.6 Å². The number of aryl methyl sites for hydroxylation is 1. The second kappa shape index (κ2) is 10.6. The number of piperazine rings is 1. The number of ether oxygens (including phenoxy) is 3. The molecule has 0 spiro atoms. The second-order valence-corrected chi connectivity index (χ2v) is 9.11. The van der Waals surface area contributed by atoms with Gasteiger partial charge in [-0.3, -0.25) is 4.98 Å². The Hall–Kier alpha value is -3.98. The van der Waals surface area contributed by atoms with Crippen LogP contribution in [0.4, 0.5) is 23.1 Å². The summed E-state index contributed by atoms with van der Waals surface area (Å²) < 4.78 is 16.3. The number of hydrogen-bond donors (Lipinski definition) is 1. The molecule has 1 aliphatic rings. The Kier molecular flexibility index (Phi) is 7.05. The van der Waals surface area contributed by atoms with Crippen LogP contribution in [0.3, 0.4) is 0 Å². The molecule has 3 heterocycles. The van der Waals surface area contributed by atoms with Gasteiger partial charge in [0.15, 0.2) is 5.75 Å². The summed E-state index contributed by atoms with van der Waals surface area (Å²) in [6, 6.07) is 13.5. The van der Waals surface area contributed by atoms with Gasteiger partial charge in [0, 0.05) is 79.1 Å². The molecule has 5 rings (SSSR count). The van der Waals surface area contributed by atoms with E-state index in [1.807, 2.05) is 55.6 Å². The number of methoxy groups -OCH3 is 3. The first kappa shape index (κ1) is 24.7. The summed E-state index contributed by atoms with van der Waals surface area (Å²) in [4.78, 5) is 18.6. The standard InChI is InChI=1S/C27H29ClN6O3/c1-17-13-24(32-27(30-17)31-18-14-19(35-2)16-20(15-18)36-3)34-11-9-33(10-12-34)23-7-8-29-25-21(23)5-6-22(28)26(25)37-4/h5-8,13-16H,9-12H2,1-4H3,(H,30,31,32). The van der Waals surface area contributed by atoms with E-state index in [-0.39, 0.29) is 0 Å². The molecule has 1 saturated heterocycles. The summed E-state index contributed by atoms with van der Waals surface area (Å²) in [5, 5.41) is 4.87. The molecule has 0 atom stereocenters. The minimum absolute atomic E-state index is 0.525. The molecule has 4 aromatic rings. The number of nitrogens with one attached hydrogen (secondary N) is 1. The number of hydrogen-bond acceptors (Lipinski definition) is 9. The third kappa shape index (κ3) is 5.13. The summed E-state index contributed by atoms with van der Waals surface area (Å²) in [5.74, 6) is 3.39. The summed E-state index contributed by atoms with van der Waals surface area (Å²) in [5.41, 5.74) is 3.56. The number of aromatic nitrogens is 3. The van der Waals surface area contributed by atoms with Gasteiger partial charge in [0.2, 0.25) is 5.95 Å². The van der Waals surface area contributed by atoms with Crippen LogP contribution in [0.1, 0.15) is 5.69 Å². The number of rotatable bonds is 7. The van der Waals surface area contributed by atoms with Crippen molar-refractivity contribution in [3.63, 3.8) is 0 Å². The van der Waals surface area contributed by atoms with Gasteiger partial charge in [-0.15, -0.1) is 0 Å². The Morgan fingerprint density at radius 2 is 1.54 bits per heavy atom. The number of halogens is 1. The van der Waals surface area contributed by atoms with Crippen molar-refractivity contribution in [3.8, 4) is 17.2 Å². The highest BCUT2D eigenvalue weighted by molar-refractivity contribution is 6.33. The highest BCUT2D eigenvalue weighted by Crippen LogP contribution is 2.36. The van der Waals surface area contributed by atoms with Crippen molar-refractivity contribution in [1.82, 2.24) is 15.0 Å². The quantitative estimate of drug-likeness (QED) is 0.358. The molecule has 0 aliphatic carbocycles. The molecule has 0 saturated carbocycles. The molecule has 0 amide bonds. The van der Waals surface area contributed by atoms with Crippen LogP contribution in [0.2, 0.25) is 5.02 Å². The van der Waals surface area contributed by atoms with Crippen LogP contribution in [-0.2, 0) is 0 Å². The molecule has 192 valence electrons. The minimum Gasteiger partial charge on any atom is -0.497 e. The average molecular weight is 521 g/mol. The van der Waals surface area contributed by atoms with Crippen LogP contribution in [-0.4, -0.2) is 62.5 Å². The fourth-order valence-corrected chi connectivity index (χ4v) is 4.81. The summed E-state index contributed by atoms with van der Waals surface area (Å²) in [6.07, 6.45) is 1.81. The molecule has 9 nitrogen and oxygen atoms in total. The smallest absolute Gasteiger partial charge is 0.229 e. The maximum Gasteiger partial charge on any atom is 0.229 e. The van der Waals surface area contributed by atoms with E-state index in [0.29, 0.717) is 28.2 Å². The predicted molar refractivity (Wildman–Crippen MR) is 147 cm³/mol. The molecule has 2 aromatic carbocycles. The fraction of sp³-hybridized carbons (Fsp3) is 0.296. The van der Waals surface area contributed by atoms with Gasteiger partial charge >= 0.3 is 0 Å². The number of benzene rings is 2. The summed E-state index contributed by atoms with van der Waals surface area (Å²) in [6.45, 7) is 5.28. The van der Waals surface area contributed by atoms with Gasteiger partial charge in [-0.25, -0.2) is 4.98 Å².